The molecule has 0 amide bonds. The van der Waals surface area contributed by atoms with Crippen LogP contribution in [0.1, 0.15) is 19.8 Å². The Morgan fingerprint density at radius 1 is 1.50 bits per heavy atom. The van der Waals surface area contributed by atoms with Gasteiger partial charge in [-0.3, -0.25) is 0 Å². The van der Waals surface area contributed by atoms with Gasteiger partial charge in [-0.25, -0.2) is 13.1 Å². The van der Waals surface area contributed by atoms with Crippen LogP contribution in [0.25, 0.3) is 0 Å². The third-order valence-corrected chi connectivity index (χ3v) is 4.25. The minimum Gasteiger partial charge on any atom is -0.381 e. The quantitative estimate of drug-likeness (QED) is 0.738. The van der Waals surface area contributed by atoms with Gasteiger partial charge in [0.15, 0.2) is 0 Å². The Kier molecular flexibility index (Phi) is 4.63. The molecule has 4 nitrogen and oxygen atoms in total. The Bertz CT molecular complexity index is 260. The summed E-state index contributed by atoms with van der Waals surface area (Å²) in [5.74, 6) is 0. The molecule has 0 bridgehead atoms. The SMILES string of the molecule is CC(Cl)CNS(=O)(=O)C1CCOCC1. The largest absolute Gasteiger partial charge is 0.381 e. The van der Waals surface area contributed by atoms with Gasteiger partial charge in [-0.2, -0.15) is 0 Å². The Balaban J connectivity index is 2.46. The maximum atomic E-state index is 11.7. The van der Waals surface area contributed by atoms with Gasteiger partial charge in [-0.15, -0.1) is 11.6 Å². The number of nitrogens with one attached hydrogen (secondary N) is 1. The molecule has 1 unspecified atom stereocenters. The number of alkyl halides is 1. The van der Waals surface area contributed by atoms with E-state index in [1.165, 1.54) is 0 Å². The van der Waals surface area contributed by atoms with E-state index in [9.17, 15) is 8.42 Å². The van der Waals surface area contributed by atoms with Gasteiger partial charge in [0.05, 0.1) is 5.25 Å². The van der Waals surface area contributed by atoms with Crippen LogP contribution < -0.4 is 4.72 Å². The molecule has 0 aromatic heterocycles. The van der Waals surface area contributed by atoms with Crippen LogP contribution in [-0.2, 0) is 14.8 Å². The van der Waals surface area contributed by atoms with Crippen LogP contribution in [0, 0.1) is 0 Å². The van der Waals surface area contributed by atoms with E-state index in [4.69, 9.17) is 16.3 Å². The fraction of sp³-hybridized carbons (Fsp3) is 1.00. The van der Waals surface area contributed by atoms with Crippen molar-refractivity contribution in [2.45, 2.75) is 30.4 Å². The molecule has 1 fully saturated rings. The van der Waals surface area contributed by atoms with E-state index >= 15 is 0 Å². The Labute approximate surface area is 90.0 Å². The Morgan fingerprint density at radius 2 is 2.07 bits per heavy atom. The summed E-state index contributed by atoms with van der Waals surface area (Å²) in [7, 11) is -3.19. The summed E-state index contributed by atoms with van der Waals surface area (Å²) in [6.07, 6.45) is 1.15. The Hall–Kier alpha value is 0.160. The normalized spacial score (nSPS) is 22.1. The van der Waals surface area contributed by atoms with Crippen LogP contribution in [-0.4, -0.2) is 38.8 Å². The fourth-order valence-electron chi connectivity index (χ4n) is 1.34. The first-order valence-corrected chi connectivity index (χ1v) is 6.71. The van der Waals surface area contributed by atoms with Gasteiger partial charge < -0.3 is 4.74 Å². The average molecular weight is 242 g/mol. The van der Waals surface area contributed by atoms with Gasteiger partial charge in [0.25, 0.3) is 0 Å². The van der Waals surface area contributed by atoms with Crippen molar-refractivity contribution in [1.82, 2.24) is 4.72 Å². The number of hydrogen-bond donors (Lipinski definition) is 1. The van der Waals surface area contributed by atoms with Crippen molar-refractivity contribution in [2.24, 2.45) is 0 Å². The summed E-state index contributed by atoms with van der Waals surface area (Å²) < 4.78 is 30.9. The molecular formula is C8H16ClNO3S. The van der Waals surface area contributed by atoms with E-state index in [1.807, 2.05) is 0 Å². The monoisotopic (exact) mass is 241 g/mol. The summed E-state index contributed by atoms with van der Waals surface area (Å²) >= 11 is 5.67. The maximum absolute atomic E-state index is 11.7. The van der Waals surface area contributed by atoms with Crippen molar-refractivity contribution in [3.05, 3.63) is 0 Å². The van der Waals surface area contributed by atoms with E-state index in [2.05, 4.69) is 4.72 Å². The molecule has 0 spiro atoms. The van der Waals surface area contributed by atoms with Gasteiger partial charge in [-0.05, 0) is 19.8 Å². The molecule has 14 heavy (non-hydrogen) atoms. The molecule has 0 aliphatic carbocycles. The zero-order valence-electron chi connectivity index (χ0n) is 8.20. The predicted molar refractivity (Wildman–Crippen MR) is 56.1 cm³/mol. The highest BCUT2D eigenvalue weighted by Gasteiger charge is 2.27. The van der Waals surface area contributed by atoms with Crippen molar-refractivity contribution in [1.29, 1.82) is 0 Å². The number of hydrogen-bond acceptors (Lipinski definition) is 3. The summed E-state index contributed by atoms with van der Waals surface area (Å²) in [5.41, 5.74) is 0. The second kappa shape index (κ2) is 5.30. The van der Waals surface area contributed by atoms with Gasteiger partial charge in [0.2, 0.25) is 10.0 Å². The van der Waals surface area contributed by atoms with Crippen molar-refractivity contribution >= 4 is 21.6 Å². The first-order valence-electron chi connectivity index (χ1n) is 4.72. The number of sulfonamides is 1. The van der Waals surface area contributed by atoms with Crippen LogP contribution in [0.2, 0.25) is 0 Å². The van der Waals surface area contributed by atoms with Gasteiger partial charge >= 0.3 is 0 Å². The average Bonchev–Trinajstić information content (AvgIpc) is 2.16. The molecule has 1 aliphatic rings. The second-order valence-corrected chi connectivity index (χ2v) is 6.28. The number of halogens is 1. The van der Waals surface area contributed by atoms with Gasteiger partial charge in [0.1, 0.15) is 0 Å². The molecule has 1 N–H and O–H groups in total. The van der Waals surface area contributed by atoms with Crippen molar-refractivity contribution < 1.29 is 13.2 Å². The molecule has 1 heterocycles. The molecule has 0 aromatic carbocycles. The topological polar surface area (TPSA) is 55.4 Å². The highest BCUT2D eigenvalue weighted by atomic mass is 35.5. The molecule has 6 heteroatoms. The summed E-state index contributed by atoms with van der Waals surface area (Å²) in [6, 6.07) is 0. The van der Waals surface area contributed by atoms with Crippen LogP contribution in [0.15, 0.2) is 0 Å². The Morgan fingerprint density at radius 3 is 2.57 bits per heavy atom. The zero-order chi connectivity index (χ0) is 10.6. The van der Waals surface area contributed by atoms with Crippen molar-refractivity contribution in [2.75, 3.05) is 19.8 Å². The number of ether oxygens (including phenoxy) is 1. The minimum absolute atomic E-state index is 0.176. The zero-order valence-corrected chi connectivity index (χ0v) is 9.77. The van der Waals surface area contributed by atoms with Crippen LogP contribution in [0.4, 0.5) is 0 Å². The minimum atomic E-state index is -3.19. The highest BCUT2D eigenvalue weighted by molar-refractivity contribution is 7.90. The molecule has 0 saturated carbocycles. The summed E-state index contributed by atoms with van der Waals surface area (Å²) in [6.45, 7) is 3.11. The lowest BCUT2D eigenvalue weighted by Gasteiger charge is -2.22. The molecule has 1 atom stereocenters. The molecular weight excluding hydrogens is 226 g/mol. The lowest BCUT2D eigenvalue weighted by Crippen LogP contribution is -2.39. The first kappa shape index (κ1) is 12.2. The molecule has 1 rings (SSSR count). The van der Waals surface area contributed by atoms with Gasteiger partial charge in [-0.1, -0.05) is 0 Å². The first-order chi connectivity index (χ1) is 6.52. The molecule has 0 aromatic rings. The standard InChI is InChI=1S/C8H16ClNO3S/c1-7(9)6-10-14(11,12)8-2-4-13-5-3-8/h7-8,10H,2-6H2,1H3. The third-order valence-electron chi connectivity index (χ3n) is 2.17. The highest BCUT2D eigenvalue weighted by Crippen LogP contribution is 2.14. The van der Waals surface area contributed by atoms with E-state index in [0.717, 1.165) is 0 Å². The van der Waals surface area contributed by atoms with Crippen LogP contribution in [0.3, 0.4) is 0 Å². The fourth-order valence-corrected chi connectivity index (χ4v) is 3.03. The molecule has 1 saturated heterocycles. The van der Waals surface area contributed by atoms with Crippen molar-refractivity contribution in [3.63, 3.8) is 0 Å². The lowest BCUT2D eigenvalue weighted by molar-refractivity contribution is 0.0981. The second-order valence-electron chi connectivity index (χ2n) is 3.49. The summed E-state index contributed by atoms with van der Waals surface area (Å²) in [5, 5.41) is -0.490. The molecule has 84 valence electrons. The maximum Gasteiger partial charge on any atom is 0.214 e. The number of rotatable bonds is 4. The molecule has 0 radical (unpaired) electrons. The van der Waals surface area contributed by atoms with E-state index in [-0.39, 0.29) is 10.6 Å². The smallest absolute Gasteiger partial charge is 0.214 e. The van der Waals surface area contributed by atoms with Crippen LogP contribution in [0.5, 0.6) is 0 Å². The van der Waals surface area contributed by atoms with E-state index in [0.29, 0.717) is 32.6 Å². The third kappa shape index (κ3) is 3.73. The molecule has 1 aliphatic heterocycles. The predicted octanol–water partition coefficient (Wildman–Crippen LogP) is 0.712. The van der Waals surface area contributed by atoms with Gasteiger partial charge in [0, 0.05) is 25.1 Å². The van der Waals surface area contributed by atoms with Crippen molar-refractivity contribution in [3.8, 4) is 0 Å². The lowest BCUT2D eigenvalue weighted by atomic mass is 10.2. The van der Waals surface area contributed by atoms with Crippen LogP contribution >= 0.6 is 11.6 Å². The van der Waals surface area contributed by atoms with E-state index < -0.39 is 10.0 Å². The van der Waals surface area contributed by atoms with E-state index in [1.54, 1.807) is 6.92 Å². The summed E-state index contributed by atoms with van der Waals surface area (Å²) in [4.78, 5) is 0.